The first-order valence-electron chi connectivity index (χ1n) is 9.06. The highest BCUT2D eigenvalue weighted by molar-refractivity contribution is 5.78. The third kappa shape index (κ3) is 3.42. The van der Waals surface area contributed by atoms with E-state index in [-0.39, 0.29) is 0 Å². The monoisotopic (exact) mass is 293 g/mol. The van der Waals surface area contributed by atoms with Crippen molar-refractivity contribution >= 4 is 5.91 Å². The number of amides is 1. The molecule has 3 atom stereocenters. The normalized spacial score (nSPS) is 34.5. The summed E-state index contributed by atoms with van der Waals surface area (Å²) in [6.07, 6.45) is 9.91. The molecule has 0 spiro atoms. The molecule has 3 unspecified atom stereocenters. The van der Waals surface area contributed by atoms with Crippen molar-refractivity contribution in [3.05, 3.63) is 0 Å². The molecule has 3 aliphatic rings. The van der Waals surface area contributed by atoms with Crippen LogP contribution in [0.5, 0.6) is 0 Å². The average molecular weight is 293 g/mol. The predicted molar refractivity (Wildman–Crippen MR) is 85.3 cm³/mol. The number of hydrogen-bond donors (Lipinski definition) is 1. The van der Waals surface area contributed by atoms with Crippen molar-refractivity contribution in [3.63, 3.8) is 0 Å². The van der Waals surface area contributed by atoms with Gasteiger partial charge in [-0.3, -0.25) is 9.69 Å². The Morgan fingerprint density at radius 3 is 2.76 bits per heavy atom. The Morgan fingerprint density at radius 2 is 2.00 bits per heavy atom. The number of likely N-dealkylation sites (tertiary alicyclic amines) is 2. The summed E-state index contributed by atoms with van der Waals surface area (Å²) in [6.45, 7) is 6.13. The SMILES string of the molecule is CCC1CCCCN1C(=O)CN1CCCC1C1CCCN1. The summed E-state index contributed by atoms with van der Waals surface area (Å²) in [6, 6.07) is 1.72. The fourth-order valence-electron chi connectivity index (χ4n) is 4.56. The van der Waals surface area contributed by atoms with Gasteiger partial charge in [0.1, 0.15) is 0 Å². The van der Waals surface area contributed by atoms with Gasteiger partial charge in [-0.25, -0.2) is 0 Å². The van der Waals surface area contributed by atoms with Gasteiger partial charge in [-0.1, -0.05) is 6.92 Å². The maximum atomic E-state index is 12.7. The van der Waals surface area contributed by atoms with Crippen LogP contribution in [0.1, 0.15) is 58.3 Å². The zero-order chi connectivity index (χ0) is 14.7. The highest BCUT2D eigenvalue weighted by atomic mass is 16.2. The number of carbonyl (C=O) groups is 1. The molecule has 3 heterocycles. The molecule has 1 amide bonds. The number of hydrogen-bond acceptors (Lipinski definition) is 3. The molecule has 0 aromatic rings. The van der Waals surface area contributed by atoms with Crippen molar-refractivity contribution in [2.75, 3.05) is 26.2 Å². The van der Waals surface area contributed by atoms with E-state index in [4.69, 9.17) is 0 Å². The lowest BCUT2D eigenvalue weighted by molar-refractivity contribution is -0.136. The molecule has 0 aliphatic carbocycles. The van der Waals surface area contributed by atoms with Crippen LogP contribution in [0.3, 0.4) is 0 Å². The lowest BCUT2D eigenvalue weighted by Crippen LogP contribution is -2.51. The van der Waals surface area contributed by atoms with Crippen LogP contribution >= 0.6 is 0 Å². The Labute approximate surface area is 129 Å². The first kappa shape index (κ1) is 15.3. The van der Waals surface area contributed by atoms with E-state index in [1.165, 1.54) is 44.9 Å². The number of nitrogens with one attached hydrogen (secondary N) is 1. The van der Waals surface area contributed by atoms with E-state index in [1.54, 1.807) is 0 Å². The summed E-state index contributed by atoms with van der Waals surface area (Å²) in [5, 5.41) is 3.63. The topological polar surface area (TPSA) is 35.6 Å². The molecule has 3 aliphatic heterocycles. The number of rotatable bonds is 4. The molecule has 0 aromatic heterocycles. The maximum Gasteiger partial charge on any atom is 0.237 e. The summed E-state index contributed by atoms with van der Waals surface area (Å²) >= 11 is 0. The van der Waals surface area contributed by atoms with Gasteiger partial charge >= 0.3 is 0 Å². The Bertz CT molecular complexity index is 354. The van der Waals surface area contributed by atoms with Crippen molar-refractivity contribution in [3.8, 4) is 0 Å². The molecule has 1 N–H and O–H groups in total. The van der Waals surface area contributed by atoms with Crippen molar-refractivity contribution in [1.29, 1.82) is 0 Å². The highest BCUT2D eigenvalue weighted by Gasteiger charge is 2.35. The second-order valence-corrected chi connectivity index (χ2v) is 7.03. The summed E-state index contributed by atoms with van der Waals surface area (Å²) in [5.74, 6) is 0.381. The zero-order valence-electron chi connectivity index (χ0n) is 13.5. The van der Waals surface area contributed by atoms with Crippen LogP contribution in [-0.4, -0.2) is 60.0 Å². The van der Waals surface area contributed by atoms with Gasteiger partial charge < -0.3 is 10.2 Å². The number of carbonyl (C=O) groups excluding carboxylic acids is 1. The van der Waals surface area contributed by atoms with Crippen LogP contribution in [0, 0.1) is 0 Å². The van der Waals surface area contributed by atoms with Gasteiger partial charge in [-0.2, -0.15) is 0 Å². The molecule has 0 saturated carbocycles. The van der Waals surface area contributed by atoms with Gasteiger partial charge in [0.25, 0.3) is 0 Å². The lowest BCUT2D eigenvalue weighted by Gasteiger charge is -2.37. The average Bonchev–Trinajstić information content (AvgIpc) is 3.17. The van der Waals surface area contributed by atoms with E-state index in [9.17, 15) is 4.79 Å². The summed E-state index contributed by atoms with van der Waals surface area (Å²) in [5.41, 5.74) is 0. The van der Waals surface area contributed by atoms with Crippen LogP contribution in [0.15, 0.2) is 0 Å². The molecule has 0 radical (unpaired) electrons. The van der Waals surface area contributed by atoms with Crippen LogP contribution in [0.4, 0.5) is 0 Å². The Morgan fingerprint density at radius 1 is 1.10 bits per heavy atom. The van der Waals surface area contributed by atoms with Gasteiger partial charge in [0, 0.05) is 24.7 Å². The molecule has 3 rings (SSSR count). The molecule has 3 fully saturated rings. The van der Waals surface area contributed by atoms with E-state index in [0.29, 0.717) is 30.6 Å². The Kier molecular flexibility index (Phi) is 5.17. The molecule has 0 aromatic carbocycles. The third-order valence-electron chi connectivity index (χ3n) is 5.73. The fourth-order valence-corrected chi connectivity index (χ4v) is 4.56. The summed E-state index contributed by atoms with van der Waals surface area (Å²) in [4.78, 5) is 17.4. The van der Waals surface area contributed by atoms with Gasteiger partial charge in [-0.05, 0) is 64.5 Å². The molecule has 0 bridgehead atoms. The molecule has 4 nitrogen and oxygen atoms in total. The fraction of sp³-hybridized carbons (Fsp3) is 0.941. The zero-order valence-corrected chi connectivity index (χ0v) is 13.5. The van der Waals surface area contributed by atoms with Gasteiger partial charge in [-0.15, -0.1) is 0 Å². The van der Waals surface area contributed by atoms with Crippen LogP contribution in [-0.2, 0) is 4.79 Å². The maximum absolute atomic E-state index is 12.7. The standard InChI is InChI=1S/C17H31N3O/c1-2-14-7-3-4-12-20(14)17(21)13-19-11-6-9-16(19)15-8-5-10-18-15/h14-16,18H,2-13H2,1H3. The first-order chi connectivity index (χ1) is 10.3. The lowest BCUT2D eigenvalue weighted by atomic mass is 9.99. The van der Waals surface area contributed by atoms with E-state index in [2.05, 4.69) is 22.0 Å². The van der Waals surface area contributed by atoms with Crippen molar-refractivity contribution < 1.29 is 4.79 Å². The molecule has 21 heavy (non-hydrogen) atoms. The van der Waals surface area contributed by atoms with E-state index in [1.807, 2.05) is 0 Å². The summed E-state index contributed by atoms with van der Waals surface area (Å²) < 4.78 is 0. The Hall–Kier alpha value is -0.610. The first-order valence-corrected chi connectivity index (χ1v) is 9.06. The van der Waals surface area contributed by atoms with Gasteiger partial charge in [0.2, 0.25) is 5.91 Å². The van der Waals surface area contributed by atoms with Crippen molar-refractivity contribution in [1.82, 2.24) is 15.1 Å². The van der Waals surface area contributed by atoms with Crippen LogP contribution in [0.25, 0.3) is 0 Å². The number of piperidine rings is 1. The van der Waals surface area contributed by atoms with Crippen LogP contribution in [0.2, 0.25) is 0 Å². The smallest absolute Gasteiger partial charge is 0.237 e. The minimum Gasteiger partial charge on any atom is -0.339 e. The summed E-state index contributed by atoms with van der Waals surface area (Å²) in [7, 11) is 0. The molecule has 120 valence electrons. The Balaban J connectivity index is 1.57. The van der Waals surface area contributed by atoms with Crippen LogP contribution < -0.4 is 5.32 Å². The molecule has 4 heteroatoms. The largest absolute Gasteiger partial charge is 0.339 e. The van der Waals surface area contributed by atoms with Gasteiger partial charge in [0.05, 0.1) is 6.54 Å². The minimum absolute atomic E-state index is 0.381. The second kappa shape index (κ2) is 7.10. The van der Waals surface area contributed by atoms with Gasteiger partial charge in [0.15, 0.2) is 0 Å². The number of nitrogens with zero attached hydrogens (tertiary/aromatic N) is 2. The van der Waals surface area contributed by atoms with E-state index in [0.717, 1.165) is 26.1 Å². The molecule has 3 saturated heterocycles. The van der Waals surface area contributed by atoms with Crippen molar-refractivity contribution in [2.24, 2.45) is 0 Å². The van der Waals surface area contributed by atoms with E-state index >= 15 is 0 Å². The highest BCUT2D eigenvalue weighted by Crippen LogP contribution is 2.26. The molecular formula is C17H31N3O. The predicted octanol–water partition coefficient (Wildman–Crippen LogP) is 1.99. The second-order valence-electron chi connectivity index (χ2n) is 7.03. The third-order valence-corrected chi connectivity index (χ3v) is 5.73. The minimum atomic E-state index is 0.381. The van der Waals surface area contributed by atoms with Crippen molar-refractivity contribution in [2.45, 2.75) is 76.4 Å². The quantitative estimate of drug-likeness (QED) is 0.861. The molecular weight excluding hydrogens is 262 g/mol. The van der Waals surface area contributed by atoms with E-state index < -0.39 is 0 Å².